The van der Waals surface area contributed by atoms with Gasteiger partial charge in [0.25, 0.3) is 0 Å². The number of nitrogens with one attached hydrogen (secondary N) is 2. The van der Waals surface area contributed by atoms with E-state index in [-0.39, 0.29) is 6.04 Å². The number of nitrogens with zero attached hydrogens (tertiary/aromatic N) is 6. The third-order valence-electron chi connectivity index (χ3n) is 5.34. The van der Waals surface area contributed by atoms with Crippen molar-refractivity contribution in [1.82, 2.24) is 29.8 Å². The van der Waals surface area contributed by atoms with Crippen LogP contribution in [-0.2, 0) is 9.47 Å². The molecule has 1 unspecified atom stereocenters. The molecule has 0 amide bonds. The van der Waals surface area contributed by atoms with Gasteiger partial charge in [-0.1, -0.05) is 0 Å². The summed E-state index contributed by atoms with van der Waals surface area (Å²) in [5, 5.41) is 15.0. The molecule has 5 rings (SSSR count). The van der Waals surface area contributed by atoms with Crippen LogP contribution in [0.5, 0.6) is 0 Å². The number of rotatable bonds is 4. The van der Waals surface area contributed by atoms with E-state index >= 15 is 0 Å². The fourth-order valence-corrected chi connectivity index (χ4v) is 3.85. The number of aromatic amines is 1. The van der Waals surface area contributed by atoms with Crippen molar-refractivity contribution < 1.29 is 9.47 Å². The predicted octanol–water partition coefficient (Wildman–Crippen LogP) is 1.33. The maximum atomic E-state index is 5.63. The van der Waals surface area contributed by atoms with Crippen LogP contribution in [-0.4, -0.2) is 74.8 Å². The second kappa shape index (κ2) is 7.36. The Morgan fingerprint density at radius 3 is 2.89 bits per heavy atom. The highest BCUT2D eigenvalue weighted by Crippen LogP contribution is 2.34. The molecule has 148 valence electrons. The van der Waals surface area contributed by atoms with E-state index in [2.05, 4.69) is 37.4 Å². The summed E-state index contributed by atoms with van der Waals surface area (Å²) < 4.78 is 12.8. The molecule has 0 spiro atoms. The van der Waals surface area contributed by atoms with E-state index in [1.807, 2.05) is 6.20 Å². The number of hydrogen-bond acceptors (Lipinski definition) is 8. The van der Waals surface area contributed by atoms with E-state index in [9.17, 15) is 0 Å². The van der Waals surface area contributed by atoms with Gasteiger partial charge < -0.3 is 19.7 Å². The van der Waals surface area contributed by atoms with Gasteiger partial charge in [-0.15, -0.1) is 5.10 Å². The quantitative estimate of drug-likeness (QED) is 0.694. The molecule has 10 heteroatoms. The molecule has 28 heavy (non-hydrogen) atoms. The first kappa shape index (κ1) is 17.4. The average Bonchev–Trinajstić information content (AvgIpc) is 3.38. The van der Waals surface area contributed by atoms with E-state index in [0.29, 0.717) is 25.2 Å². The molecule has 0 saturated carbocycles. The van der Waals surface area contributed by atoms with E-state index in [1.54, 1.807) is 17.0 Å². The summed E-state index contributed by atoms with van der Waals surface area (Å²) in [4.78, 5) is 11.8. The lowest BCUT2D eigenvalue weighted by Gasteiger charge is -2.35. The molecular formula is C18H24N8O2. The van der Waals surface area contributed by atoms with Crippen molar-refractivity contribution in [2.75, 3.05) is 43.2 Å². The first-order valence-electron chi connectivity index (χ1n) is 9.73. The van der Waals surface area contributed by atoms with Gasteiger partial charge in [0.2, 0.25) is 5.95 Å². The largest absolute Gasteiger partial charge is 0.381 e. The van der Waals surface area contributed by atoms with Crippen LogP contribution < -0.4 is 10.2 Å². The molecular weight excluding hydrogens is 360 g/mol. The molecule has 0 bridgehead atoms. The molecule has 0 aromatic carbocycles. The Hall–Kier alpha value is -2.72. The first-order chi connectivity index (χ1) is 13.8. The van der Waals surface area contributed by atoms with Crippen LogP contribution in [0.4, 0.5) is 11.6 Å². The summed E-state index contributed by atoms with van der Waals surface area (Å²) in [5.41, 5.74) is 3.53. The molecule has 2 aliphatic rings. The number of H-pyrrole nitrogens is 1. The molecule has 5 heterocycles. The summed E-state index contributed by atoms with van der Waals surface area (Å²) in [6, 6.07) is 0.550. The van der Waals surface area contributed by atoms with E-state index in [1.165, 1.54) is 0 Å². The lowest BCUT2D eigenvalue weighted by molar-refractivity contribution is 0.0903. The standard InChI is InChI=1S/C18H24N8O2/c1-12-10-28-7-4-25(12)16-15(13-8-20-21-9-13)19-11-26-17(16)23-18(24-26)22-14-2-5-27-6-3-14/h8-9,11-12,14H,2-7,10H2,1H3,(H,20,21)(H,22,24). The first-order valence-corrected chi connectivity index (χ1v) is 9.73. The Morgan fingerprint density at radius 2 is 2.11 bits per heavy atom. The number of morpholine rings is 1. The monoisotopic (exact) mass is 384 g/mol. The number of hydrogen-bond donors (Lipinski definition) is 2. The summed E-state index contributed by atoms with van der Waals surface area (Å²) in [6.07, 6.45) is 7.27. The molecule has 3 aromatic rings. The smallest absolute Gasteiger partial charge is 0.243 e. The zero-order chi connectivity index (χ0) is 18.9. The highest BCUT2D eigenvalue weighted by atomic mass is 16.5. The predicted molar refractivity (Wildman–Crippen MR) is 103 cm³/mol. The maximum Gasteiger partial charge on any atom is 0.243 e. The Labute approximate surface area is 162 Å². The molecule has 3 aromatic heterocycles. The van der Waals surface area contributed by atoms with Crippen molar-refractivity contribution in [3.05, 3.63) is 18.7 Å². The van der Waals surface area contributed by atoms with Gasteiger partial charge in [-0.2, -0.15) is 14.6 Å². The van der Waals surface area contributed by atoms with Crippen LogP contribution in [0.1, 0.15) is 19.8 Å². The van der Waals surface area contributed by atoms with Gasteiger partial charge in [0, 0.05) is 43.6 Å². The lowest BCUT2D eigenvalue weighted by atomic mass is 10.1. The lowest BCUT2D eigenvalue weighted by Crippen LogP contribution is -2.44. The fraction of sp³-hybridized carbons (Fsp3) is 0.556. The second-order valence-electron chi connectivity index (χ2n) is 7.28. The third kappa shape index (κ3) is 3.18. The number of fused-ring (bicyclic) bond motifs is 1. The fourth-order valence-electron chi connectivity index (χ4n) is 3.85. The van der Waals surface area contributed by atoms with E-state index < -0.39 is 0 Å². The third-order valence-corrected chi connectivity index (χ3v) is 5.34. The van der Waals surface area contributed by atoms with Gasteiger partial charge in [-0.25, -0.2) is 4.98 Å². The van der Waals surface area contributed by atoms with E-state index in [4.69, 9.17) is 14.5 Å². The highest BCUT2D eigenvalue weighted by molar-refractivity contribution is 5.85. The molecule has 2 saturated heterocycles. The Balaban J connectivity index is 1.58. The summed E-state index contributed by atoms with van der Waals surface area (Å²) >= 11 is 0. The van der Waals surface area contributed by atoms with Crippen LogP contribution in [0.25, 0.3) is 16.9 Å². The molecule has 0 radical (unpaired) electrons. The van der Waals surface area contributed by atoms with Crippen molar-refractivity contribution in [1.29, 1.82) is 0 Å². The molecule has 2 aliphatic heterocycles. The van der Waals surface area contributed by atoms with Crippen molar-refractivity contribution in [2.24, 2.45) is 0 Å². The van der Waals surface area contributed by atoms with Crippen LogP contribution in [0.15, 0.2) is 18.7 Å². The molecule has 2 fully saturated rings. The molecule has 0 aliphatic carbocycles. The van der Waals surface area contributed by atoms with Crippen molar-refractivity contribution in [3.63, 3.8) is 0 Å². The SMILES string of the molecule is CC1COCCN1c1c(-c2cn[nH]c2)ncn2nc(NC3CCOCC3)nc12. The second-order valence-corrected chi connectivity index (χ2v) is 7.28. The van der Waals surface area contributed by atoms with Gasteiger partial charge in [0.15, 0.2) is 5.65 Å². The van der Waals surface area contributed by atoms with Crippen molar-refractivity contribution in [3.8, 4) is 11.3 Å². The zero-order valence-corrected chi connectivity index (χ0v) is 15.8. The van der Waals surface area contributed by atoms with E-state index in [0.717, 1.165) is 55.2 Å². The molecule has 1 atom stereocenters. The number of anilines is 2. The van der Waals surface area contributed by atoms with Crippen LogP contribution in [0, 0.1) is 0 Å². The summed E-state index contributed by atoms with van der Waals surface area (Å²) in [5.74, 6) is 0.625. The van der Waals surface area contributed by atoms with Crippen LogP contribution >= 0.6 is 0 Å². The zero-order valence-electron chi connectivity index (χ0n) is 15.8. The molecule has 2 N–H and O–H groups in total. The van der Waals surface area contributed by atoms with Crippen LogP contribution in [0.3, 0.4) is 0 Å². The van der Waals surface area contributed by atoms with Gasteiger partial charge in [-0.3, -0.25) is 5.10 Å². The minimum absolute atomic E-state index is 0.219. The topological polar surface area (TPSA) is 105 Å². The Morgan fingerprint density at radius 1 is 1.21 bits per heavy atom. The van der Waals surface area contributed by atoms with Gasteiger partial charge in [-0.05, 0) is 19.8 Å². The van der Waals surface area contributed by atoms with Gasteiger partial charge >= 0.3 is 0 Å². The highest BCUT2D eigenvalue weighted by Gasteiger charge is 2.27. The average molecular weight is 384 g/mol. The van der Waals surface area contributed by atoms with Gasteiger partial charge in [0.1, 0.15) is 17.7 Å². The number of aromatic nitrogens is 6. The Kier molecular flexibility index (Phi) is 4.57. The number of ether oxygens (including phenoxy) is 2. The Bertz CT molecular complexity index is 935. The minimum atomic E-state index is 0.219. The minimum Gasteiger partial charge on any atom is -0.381 e. The maximum absolute atomic E-state index is 5.63. The molecule has 10 nitrogen and oxygen atoms in total. The summed E-state index contributed by atoms with van der Waals surface area (Å²) in [6.45, 7) is 5.83. The van der Waals surface area contributed by atoms with Crippen molar-refractivity contribution >= 4 is 17.3 Å². The van der Waals surface area contributed by atoms with Gasteiger partial charge in [0.05, 0.1) is 19.4 Å². The normalized spacial score (nSPS) is 21.3. The van der Waals surface area contributed by atoms with Crippen molar-refractivity contribution in [2.45, 2.75) is 31.8 Å². The summed E-state index contributed by atoms with van der Waals surface area (Å²) in [7, 11) is 0. The van der Waals surface area contributed by atoms with Crippen LogP contribution in [0.2, 0.25) is 0 Å².